The molecule has 0 rings (SSSR count). The van der Waals surface area contributed by atoms with Gasteiger partial charge in [0.15, 0.2) is 0 Å². The molecule has 0 aliphatic heterocycles. The minimum Gasteiger partial charge on any atom is -0.550 e. The maximum Gasteiger partial charge on any atom is 4.00 e. The van der Waals surface area contributed by atoms with Crippen molar-refractivity contribution >= 4 is 23.9 Å². The summed E-state index contributed by atoms with van der Waals surface area (Å²) in [6.45, 7) is 8.89. The summed E-state index contributed by atoms with van der Waals surface area (Å²) < 4.78 is 0. The molecule has 0 amide bonds. The molecule has 0 bridgehead atoms. The second-order valence-corrected chi connectivity index (χ2v) is 15.8. The summed E-state index contributed by atoms with van der Waals surface area (Å²) >= 11 is 0. The van der Waals surface area contributed by atoms with Crippen LogP contribution in [0.2, 0.25) is 0 Å². The molecule has 0 unspecified atom stereocenters. The Kier molecular flexibility index (Phi) is 70.9. The van der Waals surface area contributed by atoms with Crippen molar-refractivity contribution in [2.75, 3.05) is 0 Å². The molecule has 0 spiro atoms. The van der Waals surface area contributed by atoms with Gasteiger partial charge in [0.25, 0.3) is 0 Å². The third-order valence-electron chi connectivity index (χ3n) is 9.94. The molecule has 0 aromatic heterocycles. The van der Waals surface area contributed by atoms with E-state index in [4.69, 9.17) is 0 Å². The molecule has 0 atom stereocenters. The SMILES string of the molecule is CCCCCCCCCCCC(=O)[O-].CCCCCCCCCCCC(=O)[O-].CCCCCCCCCCCC(=O)[O-].CCCCCCCCCCCC(=O)[O-].[Th+4]. The van der Waals surface area contributed by atoms with Gasteiger partial charge in [-0.15, -0.1) is 0 Å². The maximum absolute atomic E-state index is 10.1. The quantitative estimate of drug-likeness (QED) is 0.0548. The zero-order valence-corrected chi connectivity index (χ0v) is 42.2. The first kappa shape index (κ1) is 65.3. The topological polar surface area (TPSA) is 161 Å². The molecule has 0 N–H and O–H groups in total. The summed E-state index contributed by atoms with van der Waals surface area (Å²) in [5, 5.41) is 40.4. The molecule has 0 aromatic rings. The van der Waals surface area contributed by atoms with E-state index in [2.05, 4.69) is 27.7 Å². The Balaban J connectivity index is -0.000000210. The number of carbonyl (C=O) groups excluding carboxylic acids is 4. The van der Waals surface area contributed by atoms with Crippen molar-refractivity contribution < 1.29 is 79.5 Å². The van der Waals surface area contributed by atoms with E-state index in [0.717, 1.165) is 51.4 Å². The van der Waals surface area contributed by atoms with E-state index in [9.17, 15) is 39.6 Å². The number of carbonyl (C=O) groups is 4. The Morgan fingerprint density at radius 2 is 0.333 bits per heavy atom. The predicted octanol–water partition coefficient (Wildman–Crippen LogP) is 10.6. The van der Waals surface area contributed by atoms with Gasteiger partial charge in [-0.2, -0.15) is 0 Å². The van der Waals surface area contributed by atoms with Crippen LogP contribution in [0.1, 0.15) is 285 Å². The average molecular weight is 1030 g/mol. The Morgan fingerprint density at radius 3 is 0.439 bits per heavy atom. The number of carboxylic acids is 4. The van der Waals surface area contributed by atoms with Crippen LogP contribution in [0.3, 0.4) is 0 Å². The van der Waals surface area contributed by atoms with Crippen LogP contribution < -0.4 is 20.4 Å². The van der Waals surface area contributed by atoms with Crippen molar-refractivity contribution in [3.63, 3.8) is 0 Å². The molecule has 0 fully saturated rings. The molecular formula is C48H92O8Th. The van der Waals surface area contributed by atoms with Gasteiger partial charge < -0.3 is 39.6 Å². The molecular weight excluding hydrogens is 937 g/mol. The molecule has 0 saturated carbocycles. The van der Waals surface area contributed by atoms with Gasteiger partial charge in [0, 0.05) is 23.9 Å². The first-order chi connectivity index (χ1) is 27.1. The second-order valence-electron chi connectivity index (χ2n) is 15.8. The van der Waals surface area contributed by atoms with Gasteiger partial charge in [-0.05, 0) is 51.4 Å². The first-order valence-electron chi connectivity index (χ1n) is 23.9. The molecule has 0 aromatic carbocycles. The standard InChI is InChI=1S/4C12H24O2.Th/c4*1-2-3-4-5-6-7-8-9-10-11-12(13)14;/h4*2-11H2,1H3,(H,13,14);/q;;;;+4/p-4. The van der Waals surface area contributed by atoms with Crippen LogP contribution in [0.5, 0.6) is 0 Å². The first-order valence-corrected chi connectivity index (χ1v) is 23.9. The Labute approximate surface area is 385 Å². The van der Waals surface area contributed by atoms with Gasteiger partial charge in [0.05, 0.1) is 0 Å². The average Bonchev–Trinajstić information content (AvgIpc) is 3.15. The molecule has 9 heteroatoms. The third-order valence-corrected chi connectivity index (χ3v) is 9.94. The second kappa shape index (κ2) is 61.9. The Hall–Kier alpha value is -0.795. The fraction of sp³-hybridized carbons (Fsp3) is 0.917. The van der Waals surface area contributed by atoms with Crippen molar-refractivity contribution in [3.05, 3.63) is 0 Å². The molecule has 0 heterocycles. The van der Waals surface area contributed by atoms with Gasteiger partial charge in [0.1, 0.15) is 0 Å². The van der Waals surface area contributed by atoms with Gasteiger partial charge in [-0.1, -0.05) is 233 Å². The van der Waals surface area contributed by atoms with Crippen molar-refractivity contribution in [3.8, 4) is 0 Å². The molecule has 336 valence electrons. The number of carboxylic acid groups (broad SMARTS) is 4. The fourth-order valence-electron chi connectivity index (χ4n) is 6.32. The Bertz CT molecular complexity index is 664. The molecule has 0 aliphatic carbocycles. The molecule has 0 radical (unpaired) electrons. The van der Waals surface area contributed by atoms with Crippen LogP contribution in [0.15, 0.2) is 0 Å². The van der Waals surface area contributed by atoms with Gasteiger partial charge in [-0.3, -0.25) is 0 Å². The zero-order chi connectivity index (χ0) is 42.6. The predicted molar refractivity (Wildman–Crippen MR) is 227 cm³/mol. The van der Waals surface area contributed by atoms with E-state index in [1.807, 2.05) is 0 Å². The van der Waals surface area contributed by atoms with Gasteiger partial charge >= 0.3 is 39.9 Å². The summed E-state index contributed by atoms with van der Waals surface area (Å²) in [5.41, 5.74) is 0. The fourth-order valence-corrected chi connectivity index (χ4v) is 6.32. The van der Waals surface area contributed by atoms with Crippen LogP contribution in [0.25, 0.3) is 0 Å². The normalized spacial score (nSPS) is 10.2. The Morgan fingerprint density at radius 1 is 0.228 bits per heavy atom. The molecule has 0 saturated heterocycles. The van der Waals surface area contributed by atoms with Crippen LogP contribution in [0.4, 0.5) is 0 Å². The minimum atomic E-state index is -0.909. The molecule has 57 heavy (non-hydrogen) atoms. The number of hydrogen-bond acceptors (Lipinski definition) is 8. The van der Waals surface area contributed by atoms with Crippen molar-refractivity contribution in [2.45, 2.75) is 285 Å². The summed E-state index contributed by atoms with van der Waals surface area (Å²) in [6.07, 6.45) is 44.7. The minimum absolute atomic E-state index is 0. The van der Waals surface area contributed by atoms with Crippen LogP contribution in [0, 0.1) is 39.9 Å². The van der Waals surface area contributed by atoms with Crippen molar-refractivity contribution in [1.82, 2.24) is 0 Å². The van der Waals surface area contributed by atoms with Crippen LogP contribution in [-0.4, -0.2) is 23.9 Å². The van der Waals surface area contributed by atoms with Crippen molar-refractivity contribution in [1.29, 1.82) is 0 Å². The van der Waals surface area contributed by atoms with E-state index in [0.29, 0.717) is 0 Å². The van der Waals surface area contributed by atoms with Crippen LogP contribution in [-0.2, 0) is 19.2 Å². The van der Waals surface area contributed by atoms with E-state index < -0.39 is 23.9 Å². The van der Waals surface area contributed by atoms with E-state index in [-0.39, 0.29) is 65.6 Å². The van der Waals surface area contributed by atoms with E-state index in [1.54, 1.807) is 0 Å². The van der Waals surface area contributed by atoms with E-state index in [1.165, 1.54) is 180 Å². The molecule has 0 aliphatic rings. The third kappa shape index (κ3) is 83.7. The number of unbranched alkanes of at least 4 members (excludes halogenated alkanes) is 32. The summed E-state index contributed by atoms with van der Waals surface area (Å²) in [7, 11) is 0. The number of aliphatic carboxylic acids is 4. The summed E-state index contributed by atoms with van der Waals surface area (Å²) in [4.78, 5) is 40.4. The largest absolute Gasteiger partial charge is 4.00 e. The van der Waals surface area contributed by atoms with Gasteiger partial charge in [0.2, 0.25) is 0 Å². The smallest absolute Gasteiger partial charge is 0.550 e. The number of rotatable bonds is 40. The van der Waals surface area contributed by atoms with Crippen LogP contribution >= 0.6 is 0 Å². The van der Waals surface area contributed by atoms with Gasteiger partial charge in [-0.25, -0.2) is 0 Å². The zero-order valence-electron chi connectivity index (χ0n) is 38.1. The monoisotopic (exact) mass is 1030 g/mol. The number of hydrogen-bond donors (Lipinski definition) is 0. The summed E-state index contributed by atoms with van der Waals surface area (Å²) in [6, 6.07) is 0. The van der Waals surface area contributed by atoms with Crippen molar-refractivity contribution in [2.24, 2.45) is 0 Å². The molecule has 8 nitrogen and oxygen atoms in total. The summed E-state index contributed by atoms with van der Waals surface area (Å²) in [5.74, 6) is -3.64. The maximum atomic E-state index is 10.1. The van der Waals surface area contributed by atoms with E-state index >= 15 is 0 Å².